The molecule has 2 rings (SSSR count). The van der Waals surface area contributed by atoms with E-state index in [9.17, 15) is 18.0 Å². The first-order chi connectivity index (χ1) is 17.2. The number of benzene rings is 2. The van der Waals surface area contributed by atoms with Crippen LogP contribution in [0.5, 0.6) is 11.5 Å². The van der Waals surface area contributed by atoms with Crippen molar-refractivity contribution in [1.29, 1.82) is 0 Å². The van der Waals surface area contributed by atoms with E-state index in [1.807, 2.05) is 20.8 Å². The first kappa shape index (κ1) is 30.2. The van der Waals surface area contributed by atoms with Crippen molar-refractivity contribution in [2.75, 3.05) is 31.3 Å². The van der Waals surface area contributed by atoms with Crippen LogP contribution in [-0.2, 0) is 26.2 Å². The summed E-state index contributed by atoms with van der Waals surface area (Å²) in [6.07, 6.45) is 1.33. The van der Waals surface area contributed by atoms with E-state index in [4.69, 9.17) is 21.1 Å². The summed E-state index contributed by atoms with van der Waals surface area (Å²) in [5.74, 6) is -0.176. The number of sulfonamides is 1. The van der Waals surface area contributed by atoms with Gasteiger partial charge in [0.15, 0.2) is 11.5 Å². The lowest BCUT2D eigenvalue weighted by Crippen LogP contribution is -2.55. The molecule has 0 aliphatic carbocycles. The number of carbonyl (C=O) groups is 2. The summed E-state index contributed by atoms with van der Waals surface area (Å²) >= 11 is 6.37. The molecule has 1 unspecified atom stereocenters. The molecule has 0 saturated heterocycles. The monoisotopic (exact) mass is 553 g/mol. The highest BCUT2D eigenvalue weighted by atomic mass is 35.5. The predicted molar refractivity (Wildman–Crippen MR) is 146 cm³/mol. The van der Waals surface area contributed by atoms with Gasteiger partial charge in [0, 0.05) is 23.2 Å². The first-order valence-electron chi connectivity index (χ1n) is 11.8. The highest BCUT2D eigenvalue weighted by molar-refractivity contribution is 7.92. The lowest BCUT2D eigenvalue weighted by molar-refractivity contribution is -0.141. The second-order valence-corrected chi connectivity index (χ2v) is 11.9. The van der Waals surface area contributed by atoms with Gasteiger partial charge in [-0.15, -0.1) is 0 Å². The number of halogens is 1. The van der Waals surface area contributed by atoms with Crippen LogP contribution in [0.1, 0.15) is 39.7 Å². The quantitative estimate of drug-likeness (QED) is 0.453. The summed E-state index contributed by atoms with van der Waals surface area (Å²) < 4.78 is 37.1. The first-order valence-corrected chi connectivity index (χ1v) is 14.0. The van der Waals surface area contributed by atoms with Crippen LogP contribution in [-0.4, -0.2) is 63.7 Å². The summed E-state index contributed by atoms with van der Waals surface area (Å²) in [6, 6.07) is 10.7. The molecule has 0 aliphatic rings. The Hall–Kier alpha value is -2.98. The number of amides is 2. The van der Waals surface area contributed by atoms with Crippen molar-refractivity contribution in [1.82, 2.24) is 10.2 Å². The summed E-state index contributed by atoms with van der Waals surface area (Å²) in [6.45, 7) is 6.83. The van der Waals surface area contributed by atoms with Gasteiger partial charge < -0.3 is 19.7 Å². The number of rotatable bonds is 11. The van der Waals surface area contributed by atoms with Gasteiger partial charge in [0.25, 0.3) is 0 Å². The minimum absolute atomic E-state index is 0.0259. The number of nitrogens with zero attached hydrogens (tertiary/aromatic N) is 2. The van der Waals surface area contributed by atoms with Crippen LogP contribution in [0.15, 0.2) is 42.5 Å². The van der Waals surface area contributed by atoms with E-state index in [0.29, 0.717) is 28.5 Å². The summed E-state index contributed by atoms with van der Waals surface area (Å²) in [4.78, 5) is 28.4. The molecule has 0 radical (unpaired) electrons. The van der Waals surface area contributed by atoms with Gasteiger partial charge in [0.1, 0.15) is 12.6 Å². The number of methoxy groups -OCH3 is 2. The van der Waals surface area contributed by atoms with Crippen molar-refractivity contribution in [3.63, 3.8) is 0 Å². The average molecular weight is 554 g/mol. The number of hydrogen-bond donors (Lipinski definition) is 1. The standard InChI is InChI=1S/C26H36ClN3O6S/c1-8-21(25(32)28-26(2,3)4)29(16-18-11-9-10-12-20(18)27)24(31)17-30(37(7,33)34)19-13-14-22(35-5)23(15-19)36-6/h9-15,21H,8,16-17H2,1-7H3,(H,28,32). The van der Waals surface area contributed by atoms with Gasteiger partial charge in [-0.3, -0.25) is 13.9 Å². The molecule has 9 nitrogen and oxygen atoms in total. The second kappa shape index (κ2) is 12.5. The zero-order chi connectivity index (χ0) is 28.0. The van der Waals surface area contributed by atoms with Crippen LogP contribution in [0.25, 0.3) is 0 Å². The molecule has 11 heteroatoms. The van der Waals surface area contributed by atoms with Gasteiger partial charge in [-0.05, 0) is 51.0 Å². The smallest absolute Gasteiger partial charge is 0.244 e. The lowest BCUT2D eigenvalue weighted by atomic mass is 10.1. The van der Waals surface area contributed by atoms with Gasteiger partial charge in [0.05, 0.1) is 26.2 Å². The van der Waals surface area contributed by atoms with Crippen LogP contribution >= 0.6 is 11.6 Å². The number of carbonyl (C=O) groups excluding carboxylic acids is 2. The Labute approximate surface area is 224 Å². The fraction of sp³-hybridized carbons (Fsp3) is 0.462. The normalized spacial score (nSPS) is 12.4. The van der Waals surface area contributed by atoms with Crippen molar-refractivity contribution in [2.45, 2.75) is 52.2 Å². The van der Waals surface area contributed by atoms with E-state index in [0.717, 1.165) is 10.6 Å². The highest BCUT2D eigenvalue weighted by Gasteiger charge is 2.33. The Morgan fingerprint density at radius 2 is 1.68 bits per heavy atom. The molecule has 2 aromatic rings. The summed E-state index contributed by atoms with van der Waals surface area (Å²) in [5, 5.41) is 3.36. The van der Waals surface area contributed by atoms with Crippen LogP contribution in [0.4, 0.5) is 5.69 Å². The molecule has 0 fully saturated rings. The molecular weight excluding hydrogens is 518 g/mol. The van der Waals surface area contributed by atoms with E-state index < -0.39 is 34.1 Å². The molecule has 0 bridgehead atoms. The van der Waals surface area contributed by atoms with Gasteiger partial charge >= 0.3 is 0 Å². The maximum atomic E-state index is 13.8. The zero-order valence-electron chi connectivity index (χ0n) is 22.4. The maximum absolute atomic E-state index is 13.8. The van der Waals surface area contributed by atoms with E-state index >= 15 is 0 Å². The van der Waals surface area contributed by atoms with E-state index in [1.54, 1.807) is 37.3 Å². The van der Waals surface area contributed by atoms with Gasteiger partial charge in [0.2, 0.25) is 21.8 Å². The Bertz CT molecular complexity index is 1210. The van der Waals surface area contributed by atoms with Crippen molar-refractivity contribution < 1.29 is 27.5 Å². The molecule has 0 heterocycles. The second-order valence-electron chi connectivity index (χ2n) is 9.59. The zero-order valence-corrected chi connectivity index (χ0v) is 23.9. The van der Waals surface area contributed by atoms with Gasteiger partial charge in [-0.25, -0.2) is 8.42 Å². The lowest BCUT2D eigenvalue weighted by Gasteiger charge is -2.34. The number of nitrogens with one attached hydrogen (secondary N) is 1. The van der Waals surface area contributed by atoms with Crippen LogP contribution in [0.3, 0.4) is 0 Å². The highest BCUT2D eigenvalue weighted by Crippen LogP contribution is 2.32. The van der Waals surface area contributed by atoms with Crippen molar-refractivity contribution >= 4 is 39.1 Å². The maximum Gasteiger partial charge on any atom is 0.244 e. The number of hydrogen-bond acceptors (Lipinski definition) is 6. The van der Waals surface area contributed by atoms with Crippen molar-refractivity contribution in [3.05, 3.63) is 53.1 Å². The fourth-order valence-corrected chi connectivity index (χ4v) is 4.81. The van der Waals surface area contributed by atoms with Gasteiger partial charge in [-0.1, -0.05) is 36.7 Å². The molecule has 204 valence electrons. The molecular formula is C26H36ClN3O6S. The third-order valence-corrected chi connectivity index (χ3v) is 7.03. The van der Waals surface area contributed by atoms with Crippen molar-refractivity contribution in [3.8, 4) is 11.5 Å². The molecule has 0 aromatic heterocycles. The fourth-order valence-electron chi connectivity index (χ4n) is 3.78. The van der Waals surface area contributed by atoms with Crippen LogP contribution < -0.4 is 19.1 Å². The Balaban J connectivity index is 2.52. The third kappa shape index (κ3) is 8.26. The molecule has 1 N–H and O–H groups in total. The Morgan fingerprint density at radius 1 is 1.05 bits per heavy atom. The molecule has 37 heavy (non-hydrogen) atoms. The Kier molecular flexibility index (Phi) is 10.2. The molecule has 2 amide bonds. The predicted octanol–water partition coefficient (Wildman–Crippen LogP) is 3.85. The van der Waals surface area contributed by atoms with E-state index in [-0.39, 0.29) is 18.1 Å². The van der Waals surface area contributed by atoms with Crippen LogP contribution in [0.2, 0.25) is 5.02 Å². The Morgan fingerprint density at radius 3 is 2.19 bits per heavy atom. The van der Waals surface area contributed by atoms with Crippen LogP contribution in [0, 0.1) is 0 Å². The largest absolute Gasteiger partial charge is 0.493 e. The van der Waals surface area contributed by atoms with E-state index in [2.05, 4.69) is 5.32 Å². The molecule has 2 aromatic carbocycles. The van der Waals surface area contributed by atoms with E-state index in [1.165, 1.54) is 31.3 Å². The molecule has 0 spiro atoms. The molecule has 0 saturated carbocycles. The molecule has 1 atom stereocenters. The topological polar surface area (TPSA) is 105 Å². The SMILES string of the molecule is CCC(C(=O)NC(C)(C)C)N(Cc1ccccc1Cl)C(=O)CN(c1ccc(OC)c(OC)c1)S(C)(=O)=O. The minimum atomic E-state index is -3.89. The summed E-state index contributed by atoms with van der Waals surface area (Å²) in [7, 11) is -0.990. The third-order valence-electron chi connectivity index (χ3n) is 5.52. The van der Waals surface area contributed by atoms with Crippen molar-refractivity contribution in [2.24, 2.45) is 0 Å². The number of ether oxygens (including phenoxy) is 2. The number of anilines is 1. The van der Waals surface area contributed by atoms with Gasteiger partial charge in [-0.2, -0.15) is 0 Å². The average Bonchev–Trinajstić information content (AvgIpc) is 2.81. The summed E-state index contributed by atoms with van der Waals surface area (Å²) in [5.41, 5.74) is 0.331. The minimum Gasteiger partial charge on any atom is -0.493 e. The molecule has 0 aliphatic heterocycles.